The lowest BCUT2D eigenvalue weighted by atomic mass is 10.0. The van der Waals surface area contributed by atoms with Gasteiger partial charge in [0.05, 0.1) is 19.6 Å². The van der Waals surface area contributed by atoms with Crippen molar-refractivity contribution in [3.05, 3.63) is 0 Å². The van der Waals surface area contributed by atoms with E-state index in [9.17, 15) is 9.90 Å². The highest BCUT2D eigenvalue weighted by atomic mass is 28.4. The van der Waals surface area contributed by atoms with Crippen LogP contribution in [0.25, 0.3) is 0 Å². The molecule has 0 saturated heterocycles. The molecule has 2 atom stereocenters. The molecule has 0 rings (SSSR count). The molecule has 0 aromatic carbocycles. The molecule has 0 fully saturated rings. The molecule has 0 aliphatic carbocycles. The summed E-state index contributed by atoms with van der Waals surface area (Å²) in [4.78, 5) is 11.7. The minimum Gasteiger partial charge on any atom is -0.469 e. The lowest BCUT2D eigenvalue weighted by molar-refractivity contribution is -0.142. The van der Waals surface area contributed by atoms with Gasteiger partial charge in [0.15, 0.2) is 16.6 Å². The van der Waals surface area contributed by atoms with E-state index in [2.05, 4.69) is 81.6 Å². The summed E-state index contributed by atoms with van der Waals surface area (Å²) in [6, 6.07) is 0. The van der Waals surface area contributed by atoms with Gasteiger partial charge in [-0.25, -0.2) is 0 Å². The third-order valence-electron chi connectivity index (χ3n) is 10.9. The van der Waals surface area contributed by atoms with Crippen LogP contribution in [0.2, 0.25) is 36.3 Å². The molecule has 0 saturated carbocycles. The first-order chi connectivity index (χ1) is 22.4. The average Bonchev–Trinajstić information content (AvgIpc) is 2.98. The van der Waals surface area contributed by atoms with E-state index in [1.165, 1.54) is 116 Å². The molecule has 0 spiro atoms. The molecule has 0 heterocycles. The van der Waals surface area contributed by atoms with Gasteiger partial charge in [-0.15, -0.1) is 0 Å². The number of unbranched alkanes of at least 4 members (excludes halogenated alkanes) is 16. The summed E-state index contributed by atoms with van der Waals surface area (Å²) in [6.45, 7) is 27.5. The van der Waals surface area contributed by atoms with Gasteiger partial charge in [0, 0.05) is 12.7 Å². The van der Waals surface area contributed by atoms with Crippen LogP contribution in [0.15, 0.2) is 0 Å². The predicted molar refractivity (Wildman–Crippen MR) is 216 cm³/mol. The maximum atomic E-state index is 11.7. The monoisotopic (exact) mass is 717 g/mol. The van der Waals surface area contributed by atoms with Crippen molar-refractivity contribution in [1.29, 1.82) is 0 Å². The fraction of sp³-hybridized carbons (Fsp3) is 0.976. The van der Waals surface area contributed by atoms with Crippen molar-refractivity contribution < 1.29 is 23.5 Å². The first-order valence-electron chi connectivity index (χ1n) is 20.4. The van der Waals surface area contributed by atoms with E-state index in [1.807, 2.05) is 0 Å². The molecule has 0 aromatic rings. The topological polar surface area (TPSA) is 65.0 Å². The van der Waals surface area contributed by atoms with E-state index in [-0.39, 0.29) is 34.9 Å². The van der Waals surface area contributed by atoms with Crippen LogP contribution in [-0.2, 0) is 18.4 Å². The lowest BCUT2D eigenvalue weighted by Gasteiger charge is -2.39. The van der Waals surface area contributed by atoms with E-state index in [1.54, 1.807) is 0 Å². The maximum Gasteiger partial charge on any atom is 0.308 e. The zero-order valence-electron chi connectivity index (χ0n) is 35.0. The fourth-order valence-electron chi connectivity index (χ4n) is 5.43. The van der Waals surface area contributed by atoms with Gasteiger partial charge in [0.1, 0.15) is 0 Å². The fourth-order valence-corrected chi connectivity index (χ4v) is 8.24. The standard InChI is InChI=1S/C21H44O3Si.C20H44O2Si/c1-8-9-10-11-12-13-14-15-16-17-19(18-20(22)23-5)24-25(6,7)21(2,3)4;1-7-8-9-10-11-12-13-14-15-16-19(17-18-21)22-23(5,6)20(2,3)4/h19H,8-18H2,1-7H3;19,21H,7-18H2,1-6H3/t2*19-/m11/s1. The Bertz CT molecular complexity index is 742. The van der Waals surface area contributed by atoms with Gasteiger partial charge in [-0.05, 0) is 55.5 Å². The van der Waals surface area contributed by atoms with Crippen LogP contribution < -0.4 is 0 Å². The SMILES string of the molecule is CCCCCCCCCCC[C@H](CC(=O)OC)O[Si](C)(C)C(C)(C)C.CCCCCCCCCCC[C@H](CCO)O[Si](C)(C)C(C)(C)C. The van der Waals surface area contributed by atoms with Gasteiger partial charge >= 0.3 is 5.97 Å². The molecule has 5 nitrogen and oxygen atoms in total. The minimum absolute atomic E-state index is 0.0119. The van der Waals surface area contributed by atoms with Crippen LogP contribution in [0.1, 0.15) is 197 Å². The number of aliphatic hydroxyl groups excluding tert-OH is 1. The molecule has 0 aromatic heterocycles. The van der Waals surface area contributed by atoms with Crippen LogP contribution in [0.5, 0.6) is 0 Å². The molecule has 48 heavy (non-hydrogen) atoms. The molecule has 0 aliphatic rings. The number of esters is 1. The normalized spacial score (nSPS) is 14.0. The quantitative estimate of drug-likeness (QED) is 0.0496. The largest absolute Gasteiger partial charge is 0.469 e. The number of methoxy groups -OCH3 is 1. The van der Waals surface area contributed by atoms with E-state index >= 15 is 0 Å². The zero-order valence-corrected chi connectivity index (χ0v) is 37.0. The highest BCUT2D eigenvalue weighted by Gasteiger charge is 2.40. The molecule has 0 amide bonds. The third-order valence-corrected chi connectivity index (χ3v) is 19.9. The molecule has 1 N–H and O–H groups in total. The van der Waals surface area contributed by atoms with Crippen LogP contribution in [0.3, 0.4) is 0 Å². The van der Waals surface area contributed by atoms with Crippen LogP contribution in [0.4, 0.5) is 0 Å². The van der Waals surface area contributed by atoms with Gasteiger partial charge in [-0.2, -0.15) is 0 Å². The lowest BCUT2D eigenvalue weighted by Crippen LogP contribution is -2.44. The number of ether oxygens (including phenoxy) is 1. The van der Waals surface area contributed by atoms with Gasteiger partial charge in [0.2, 0.25) is 0 Å². The molecular formula is C41H88O5Si2. The van der Waals surface area contributed by atoms with Gasteiger partial charge in [0.25, 0.3) is 0 Å². The first kappa shape index (κ1) is 49.9. The zero-order chi connectivity index (χ0) is 37.1. The second-order valence-electron chi connectivity index (χ2n) is 17.5. The van der Waals surface area contributed by atoms with Crippen LogP contribution >= 0.6 is 0 Å². The van der Waals surface area contributed by atoms with Crippen LogP contribution in [0, 0.1) is 0 Å². The Kier molecular flexibility index (Phi) is 29.5. The summed E-state index contributed by atoms with van der Waals surface area (Å²) in [7, 11) is -2.10. The number of carbonyl (C=O) groups is 1. The first-order valence-corrected chi connectivity index (χ1v) is 26.2. The number of hydrogen-bond acceptors (Lipinski definition) is 5. The predicted octanol–water partition coefficient (Wildman–Crippen LogP) is 13.5. The van der Waals surface area contributed by atoms with Gasteiger partial charge in [-0.1, -0.05) is 171 Å². The Morgan fingerprint density at radius 2 is 0.854 bits per heavy atom. The van der Waals surface area contributed by atoms with Gasteiger partial charge in [-0.3, -0.25) is 4.79 Å². The van der Waals surface area contributed by atoms with Crippen molar-refractivity contribution in [2.45, 2.75) is 245 Å². The molecule has 290 valence electrons. The Hall–Kier alpha value is -0.216. The van der Waals surface area contributed by atoms with Crippen molar-refractivity contribution in [3.63, 3.8) is 0 Å². The Labute approximate surface area is 304 Å². The Morgan fingerprint density at radius 1 is 0.542 bits per heavy atom. The highest BCUT2D eigenvalue weighted by Crippen LogP contribution is 2.39. The number of carbonyl (C=O) groups excluding carboxylic acids is 1. The number of rotatable bonds is 28. The molecule has 0 unspecified atom stereocenters. The van der Waals surface area contributed by atoms with Crippen molar-refractivity contribution in [1.82, 2.24) is 0 Å². The molecule has 7 heteroatoms. The molecule has 0 bridgehead atoms. The Balaban J connectivity index is 0. The van der Waals surface area contributed by atoms with E-state index in [0.29, 0.717) is 6.42 Å². The van der Waals surface area contributed by atoms with E-state index in [4.69, 9.17) is 13.6 Å². The summed E-state index contributed by atoms with van der Waals surface area (Å²) in [5.41, 5.74) is 0. The third kappa shape index (κ3) is 26.6. The summed E-state index contributed by atoms with van der Waals surface area (Å²) in [5, 5.41) is 9.73. The minimum atomic E-state index is -1.85. The molecular weight excluding hydrogens is 629 g/mol. The average molecular weight is 717 g/mol. The summed E-state index contributed by atoms with van der Waals surface area (Å²) in [5.74, 6) is -0.153. The smallest absolute Gasteiger partial charge is 0.308 e. The summed E-state index contributed by atoms with van der Waals surface area (Å²) >= 11 is 0. The van der Waals surface area contributed by atoms with Crippen molar-refractivity contribution in [3.8, 4) is 0 Å². The van der Waals surface area contributed by atoms with Gasteiger partial charge < -0.3 is 18.7 Å². The van der Waals surface area contributed by atoms with Crippen LogP contribution in [-0.4, -0.2) is 53.6 Å². The second-order valence-corrected chi connectivity index (χ2v) is 27.0. The van der Waals surface area contributed by atoms with Crippen molar-refractivity contribution >= 4 is 22.6 Å². The van der Waals surface area contributed by atoms with Crippen molar-refractivity contribution in [2.75, 3.05) is 13.7 Å². The summed E-state index contributed by atoms with van der Waals surface area (Å²) < 4.78 is 17.8. The summed E-state index contributed by atoms with van der Waals surface area (Å²) in [6.07, 6.45) is 27.7. The Morgan fingerprint density at radius 3 is 1.17 bits per heavy atom. The molecule has 0 radical (unpaired) electrons. The van der Waals surface area contributed by atoms with E-state index < -0.39 is 16.6 Å². The number of aliphatic hydroxyl groups is 1. The van der Waals surface area contributed by atoms with E-state index in [0.717, 1.165) is 25.7 Å². The highest BCUT2D eigenvalue weighted by molar-refractivity contribution is 6.74. The van der Waals surface area contributed by atoms with Crippen molar-refractivity contribution in [2.24, 2.45) is 0 Å². The number of hydrogen-bond donors (Lipinski definition) is 1. The molecule has 0 aliphatic heterocycles. The second kappa shape index (κ2) is 28.4. The maximum absolute atomic E-state index is 11.7.